The van der Waals surface area contributed by atoms with Crippen molar-refractivity contribution < 1.29 is 9.90 Å². The third-order valence-electron chi connectivity index (χ3n) is 2.29. The molecule has 0 saturated heterocycles. The molecule has 90 valence electrons. The number of allylic oxidation sites excluding steroid dienone is 2. The summed E-state index contributed by atoms with van der Waals surface area (Å²) in [5.74, 6) is -1.49. The van der Waals surface area contributed by atoms with Crippen LogP contribution in [0.5, 0.6) is 0 Å². The van der Waals surface area contributed by atoms with Gasteiger partial charge in [-0.25, -0.2) is 0 Å². The van der Waals surface area contributed by atoms with E-state index in [0.29, 0.717) is 4.86 Å². The predicted molar refractivity (Wildman–Crippen MR) is 71.4 cm³/mol. The number of carboxylic acid groups (broad SMARTS) is 1. The van der Waals surface area contributed by atoms with E-state index >= 15 is 0 Å². The minimum atomic E-state index is -0.869. The molecule has 0 aromatic heterocycles. The Morgan fingerprint density at radius 3 is 2.69 bits per heavy atom. The minimum absolute atomic E-state index is 0. The first-order valence-electron chi connectivity index (χ1n) is 4.81. The number of carboxylic acids is 1. The summed E-state index contributed by atoms with van der Waals surface area (Å²) in [6.07, 6.45) is 6.12. The van der Waals surface area contributed by atoms with Gasteiger partial charge in [-0.05, 0) is 26.1 Å². The molecular formula is C11H16ClNO2S. The van der Waals surface area contributed by atoms with Crippen LogP contribution in [0.4, 0.5) is 0 Å². The Kier molecular flexibility index (Phi) is 6.48. The molecule has 0 amide bonds. The van der Waals surface area contributed by atoms with Crippen molar-refractivity contribution >= 4 is 35.5 Å². The first-order chi connectivity index (χ1) is 7.02. The fourth-order valence-corrected chi connectivity index (χ4v) is 1.75. The number of nitrogens with zero attached hydrogens (tertiary/aromatic N) is 1. The van der Waals surface area contributed by atoms with Crippen LogP contribution in [0.25, 0.3) is 0 Å². The number of carbonyl (C=O) groups is 1. The van der Waals surface area contributed by atoms with Crippen LogP contribution in [0.1, 0.15) is 6.42 Å². The molecule has 0 heterocycles. The molecule has 0 aromatic rings. The van der Waals surface area contributed by atoms with Crippen molar-refractivity contribution in [3.05, 3.63) is 23.8 Å². The zero-order chi connectivity index (χ0) is 11.4. The summed E-state index contributed by atoms with van der Waals surface area (Å²) < 4.78 is 0. The van der Waals surface area contributed by atoms with Crippen LogP contribution >= 0.6 is 24.6 Å². The smallest absolute Gasteiger partial charge is 0.315 e. The standard InChI is InChI=1S/C11H15NO2S.ClH/c1-12(2)7-6-8-4-3-5-9(10(8)15)11(13)14;/h3-5,9H,6-7H2,1-2H3,(H,13,14);1H. The maximum atomic E-state index is 10.9. The Morgan fingerprint density at radius 1 is 1.56 bits per heavy atom. The van der Waals surface area contributed by atoms with Gasteiger partial charge in [0.05, 0.1) is 0 Å². The van der Waals surface area contributed by atoms with Crippen molar-refractivity contribution in [1.82, 2.24) is 4.90 Å². The van der Waals surface area contributed by atoms with E-state index in [-0.39, 0.29) is 12.4 Å². The monoisotopic (exact) mass is 261 g/mol. The fraction of sp³-hybridized carbons (Fsp3) is 0.455. The largest absolute Gasteiger partial charge is 0.481 e. The van der Waals surface area contributed by atoms with Crippen LogP contribution in [0.15, 0.2) is 23.8 Å². The highest BCUT2D eigenvalue weighted by molar-refractivity contribution is 7.81. The van der Waals surface area contributed by atoms with E-state index in [0.717, 1.165) is 18.5 Å². The van der Waals surface area contributed by atoms with E-state index in [2.05, 4.69) is 4.90 Å². The van der Waals surface area contributed by atoms with Gasteiger partial charge < -0.3 is 10.0 Å². The Labute approximate surface area is 107 Å². The molecule has 1 rings (SSSR count). The number of thiocarbonyl (C=S) groups is 1. The van der Waals surface area contributed by atoms with Crippen LogP contribution < -0.4 is 0 Å². The SMILES string of the molecule is CN(C)CCC1=CC=CC(C(=O)O)C1=S.Cl. The van der Waals surface area contributed by atoms with Gasteiger partial charge in [-0.1, -0.05) is 30.4 Å². The van der Waals surface area contributed by atoms with Gasteiger partial charge in [0.1, 0.15) is 5.92 Å². The molecule has 0 saturated carbocycles. The highest BCUT2D eigenvalue weighted by Gasteiger charge is 2.23. The summed E-state index contributed by atoms with van der Waals surface area (Å²) in [5.41, 5.74) is 0.966. The molecular weight excluding hydrogens is 246 g/mol. The lowest BCUT2D eigenvalue weighted by Crippen LogP contribution is -2.25. The van der Waals surface area contributed by atoms with Gasteiger partial charge in [-0.3, -0.25) is 4.79 Å². The molecule has 0 radical (unpaired) electrons. The van der Waals surface area contributed by atoms with Crippen molar-refractivity contribution in [2.75, 3.05) is 20.6 Å². The molecule has 0 bridgehead atoms. The lowest BCUT2D eigenvalue weighted by Gasteiger charge is -2.18. The van der Waals surface area contributed by atoms with Crippen molar-refractivity contribution in [2.45, 2.75) is 6.42 Å². The first kappa shape index (κ1) is 15.3. The molecule has 5 heteroatoms. The van der Waals surface area contributed by atoms with Crippen LogP contribution in [-0.4, -0.2) is 41.5 Å². The van der Waals surface area contributed by atoms with E-state index in [1.165, 1.54) is 0 Å². The average Bonchev–Trinajstić information content (AvgIpc) is 2.15. The van der Waals surface area contributed by atoms with E-state index in [1.807, 2.05) is 20.2 Å². The first-order valence-corrected chi connectivity index (χ1v) is 5.22. The Balaban J connectivity index is 0.00000225. The highest BCUT2D eigenvalue weighted by atomic mass is 35.5. The number of aliphatic carboxylic acids is 1. The minimum Gasteiger partial charge on any atom is -0.481 e. The second-order valence-corrected chi connectivity index (χ2v) is 4.25. The molecule has 0 aromatic carbocycles. The zero-order valence-corrected chi connectivity index (χ0v) is 11.0. The molecule has 0 aliphatic heterocycles. The maximum Gasteiger partial charge on any atom is 0.315 e. The third kappa shape index (κ3) is 4.04. The number of hydrogen-bond acceptors (Lipinski definition) is 3. The van der Waals surface area contributed by atoms with Gasteiger partial charge in [0.25, 0.3) is 0 Å². The van der Waals surface area contributed by atoms with Crippen molar-refractivity contribution in [3.63, 3.8) is 0 Å². The van der Waals surface area contributed by atoms with E-state index < -0.39 is 11.9 Å². The Morgan fingerprint density at radius 2 is 2.19 bits per heavy atom. The second kappa shape index (κ2) is 6.78. The summed E-state index contributed by atoms with van der Waals surface area (Å²) in [4.78, 5) is 13.5. The van der Waals surface area contributed by atoms with E-state index in [1.54, 1.807) is 12.2 Å². The molecule has 1 N–H and O–H groups in total. The van der Waals surface area contributed by atoms with Crippen molar-refractivity contribution in [3.8, 4) is 0 Å². The second-order valence-electron chi connectivity index (χ2n) is 3.81. The summed E-state index contributed by atoms with van der Waals surface area (Å²) in [5, 5.41) is 8.93. The van der Waals surface area contributed by atoms with Gasteiger partial charge in [-0.2, -0.15) is 0 Å². The van der Waals surface area contributed by atoms with Crippen LogP contribution in [0.3, 0.4) is 0 Å². The third-order valence-corrected chi connectivity index (χ3v) is 2.81. The molecule has 1 aliphatic rings. The van der Waals surface area contributed by atoms with Gasteiger partial charge in [0.15, 0.2) is 0 Å². The van der Waals surface area contributed by atoms with Gasteiger partial charge in [0.2, 0.25) is 0 Å². The number of hydrogen-bond donors (Lipinski definition) is 1. The van der Waals surface area contributed by atoms with E-state index in [9.17, 15) is 4.79 Å². The lowest BCUT2D eigenvalue weighted by atomic mass is 9.92. The molecule has 16 heavy (non-hydrogen) atoms. The van der Waals surface area contributed by atoms with E-state index in [4.69, 9.17) is 17.3 Å². The van der Waals surface area contributed by atoms with Gasteiger partial charge >= 0.3 is 5.97 Å². The summed E-state index contributed by atoms with van der Waals surface area (Å²) >= 11 is 5.16. The van der Waals surface area contributed by atoms with Crippen LogP contribution in [0, 0.1) is 5.92 Å². The predicted octanol–water partition coefficient (Wildman–Crippen LogP) is 1.93. The van der Waals surface area contributed by atoms with Crippen LogP contribution in [0.2, 0.25) is 0 Å². The molecule has 0 spiro atoms. The number of rotatable bonds is 4. The van der Waals surface area contributed by atoms with Crippen molar-refractivity contribution in [2.24, 2.45) is 5.92 Å². The summed E-state index contributed by atoms with van der Waals surface area (Å²) in [6.45, 7) is 0.881. The number of halogens is 1. The van der Waals surface area contributed by atoms with Crippen molar-refractivity contribution in [1.29, 1.82) is 0 Å². The summed E-state index contributed by atoms with van der Waals surface area (Å²) in [7, 11) is 3.97. The molecule has 1 unspecified atom stereocenters. The Bertz CT molecular complexity index is 337. The maximum absolute atomic E-state index is 10.9. The zero-order valence-electron chi connectivity index (χ0n) is 9.34. The fourth-order valence-electron chi connectivity index (χ4n) is 1.40. The molecule has 3 nitrogen and oxygen atoms in total. The highest BCUT2D eigenvalue weighted by Crippen LogP contribution is 2.19. The van der Waals surface area contributed by atoms with Gasteiger partial charge in [0, 0.05) is 11.4 Å². The van der Waals surface area contributed by atoms with Crippen LogP contribution in [-0.2, 0) is 4.79 Å². The van der Waals surface area contributed by atoms with Gasteiger partial charge in [-0.15, -0.1) is 12.4 Å². The quantitative estimate of drug-likeness (QED) is 0.785. The topological polar surface area (TPSA) is 40.5 Å². The molecule has 1 atom stereocenters. The Hall–Kier alpha value is -0.710. The average molecular weight is 262 g/mol. The lowest BCUT2D eigenvalue weighted by molar-refractivity contribution is -0.137. The summed E-state index contributed by atoms with van der Waals surface area (Å²) in [6, 6.07) is 0. The molecule has 0 fully saturated rings. The normalized spacial score (nSPS) is 19.3. The molecule has 1 aliphatic carbocycles.